The van der Waals surface area contributed by atoms with Gasteiger partial charge < -0.3 is 0 Å². The lowest BCUT2D eigenvalue weighted by molar-refractivity contribution is 0.580. The van der Waals surface area contributed by atoms with E-state index in [0.29, 0.717) is 5.92 Å². The second kappa shape index (κ2) is 14.0. The maximum absolute atomic E-state index is 2.45. The molecule has 0 saturated carbocycles. The van der Waals surface area contributed by atoms with Gasteiger partial charge >= 0.3 is 0 Å². The van der Waals surface area contributed by atoms with E-state index in [0.717, 1.165) is 25.7 Å². The Kier molecular flexibility index (Phi) is 9.90. The van der Waals surface area contributed by atoms with Crippen LogP contribution in [0.1, 0.15) is 61.8 Å². The monoisotopic (exact) mass is 482 g/mol. The molecule has 0 heteroatoms. The van der Waals surface area contributed by atoms with Crippen LogP contribution in [-0.4, -0.2) is 0 Å². The van der Waals surface area contributed by atoms with Crippen LogP contribution in [0.2, 0.25) is 0 Å². The van der Waals surface area contributed by atoms with Crippen molar-refractivity contribution in [2.24, 2.45) is 5.92 Å². The van der Waals surface area contributed by atoms with Crippen LogP contribution in [0.5, 0.6) is 0 Å². The van der Waals surface area contributed by atoms with Gasteiger partial charge in [-0.15, -0.1) is 0 Å². The molecule has 0 aliphatic carbocycles. The van der Waals surface area contributed by atoms with E-state index in [4.69, 9.17) is 0 Å². The molecule has 4 aromatic rings. The van der Waals surface area contributed by atoms with E-state index >= 15 is 0 Å². The van der Waals surface area contributed by atoms with Crippen LogP contribution in [0.25, 0.3) is 22.8 Å². The summed E-state index contributed by atoms with van der Waals surface area (Å²) in [6.07, 6.45) is 11.1. The summed E-state index contributed by atoms with van der Waals surface area (Å²) in [6, 6.07) is 43.4. The van der Waals surface area contributed by atoms with Gasteiger partial charge in [-0.25, -0.2) is 0 Å². The molecule has 0 aliphatic heterocycles. The first-order valence-electron chi connectivity index (χ1n) is 13.6. The summed E-state index contributed by atoms with van der Waals surface area (Å²) >= 11 is 0. The number of rotatable bonds is 11. The summed E-state index contributed by atoms with van der Waals surface area (Å²) in [5.74, 6) is 0.597. The maximum atomic E-state index is 2.45. The summed E-state index contributed by atoms with van der Waals surface area (Å²) in [7, 11) is 0. The largest absolute Gasteiger partial charge is 0.0836 e. The van der Waals surface area contributed by atoms with Crippen molar-refractivity contribution in [1.82, 2.24) is 0 Å². The number of hydrogen-bond donors (Lipinski definition) is 0. The molecule has 0 N–H and O–H groups in total. The summed E-state index contributed by atoms with van der Waals surface area (Å²) < 4.78 is 0. The first kappa shape index (κ1) is 26.2. The van der Waals surface area contributed by atoms with Crippen LogP contribution < -0.4 is 0 Å². The quantitative estimate of drug-likeness (QED) is 0.113. The predicted octanol–water partition coefficient (Wildman–Crippen LogP) is 10.6. The third-order valence-electron chi connectivity index (χ3n) is 6.88. The molecule has 0 aromatic heterocycles. The minimum Gasteiger partial charge on any atom is -0.0836 e. The molecule has 4 rings (SSSR count). The molecule has 0 aliphatic rings. The Morgan fingerprint density at radius 1 is 0.622 bits per heavy atom. The van der Waals surface area contributed by atoms with Crippen molar-refractivity contribution < 1.29 is 0 Å². The van der Waals surface area contributed by atoms with Crippen molar-refractivity contribution in [3.8, 4) is 0 Å². The van der Waals surface area contributed by atoms with E-state index in [9.17, 15) is 0 Å². The normalized spacial score (nSPS) is 13.4. The number of hydrogen-bond acceptors (Lipinski definition) is 0. The molecule has 0 nitrogen and oxygen atoms in total. The molecule has 0 saturated heterocycles. The van der Waals surface area contributed by atoms with Crippen molar-refractivity contribution in [2.45, 2.75) is 39.5 Å². The zero-order valence-corrected chi connectivity index (χ0v) is 22.2. The van der Waals surface area contributed by atoms with Crippen LogP contribution in [0.4, 0.5) is 0 Å². The predicted molar refractivity (Wildman–Crippen MR) is 163 cm³/mol. The minimum atomic E-state index is 0.597. The molecular weight excluding hydrogens is 444 g/mol. The summed E-state index contributed by atoms with van der Waals surface area (Å²) in [5.41, 5.74) is 9.21. The molecule has 1 unspecified atom stereocenters. The molecule has 0 spiro atoms. The Morgan fingerprint density at radius 2 is 1.14 bits per heavy atom. The maximum Gasteiger partial charge on any atom is -0.00704 e. The van der Waals surface area contributed by atoms with Gasteiger partial charge in [-0.05, 0) is 64.2 Å². The second-order valence-corrected chi connectivity index (χ2v) is 9.68. The van der Waals surface area contributed by atoms with Crippen LogP contribution in [0.3, 0.4) is 0 Å². The smallest absolute Gasteiger partial charge is 0.00704 e. The van der Waals surface area contributed by atoms with Gasteiger partial charge in [-0.3, -0.25) is 0 Å². The van der Waals surface area contributed by atoms with Gasteiger partial charge in [0.25, 0.3) is 0 Å². The molecule has 0 bridgehead atoms. The highest BCUT2D eigenvalue weighted by Crippen LogP contribution is 2.41. The topological polar surface area (TPSA) is 0 Å². The average Bonchev–Trinajstić information content (AvgIpc) is 2.97. The van der Waals surface area contributed by atoms with Crippen LogP contribution in [-0.2, 0) is 0 Å². The third-order valence-corrected chi connectivity index (χ3v) is 6.88. The van der Waals surface area contributed by atoms with E-state index in [1.165, 1.54) is 39.0 Å². The van der Waals surface area contributed by atoms with E-state index in [-0.39, 0.29) is 0 Å². The summed E-state index contributed by atoms with van der Waals surface area (Å²) in [5, 5.41) is 0. The standard InChI is InChI=1S/C37H38/c1-3-30(2)29-36(33-24-14-7-15-25-33)37(34-26-16-8-17-27-34)35(32-22-12-6-13-23-32)28-18-5-11-21-31-19-9-4-10-20-31/h4,6-17,19-28,30H,3,5,18,29H2,1-2H3. The van der Waals surface area contributed by atoms with Gasteiger partial charge in [-0.2, -0.15) is 0 Å². The zero-order chi connectivity index (χ0) is 25.7. The number of unbranched alkanes of at least 4 members (excludes halogenated alkanes) is 1. The van der Waals surface area contributed by atoms with Crippen molar-refractivity contribution >= 4 is 22.8 Å². The Balaban J connectivity index is 1.83. The average molecular weight is 483 g/mol. The van der Waals surface area contributed by atoms with Crippen molar-refractivity contribution in [2.75, 3.05) is 0 Å². The molecule has 0 amide bonds. The molecule has 0 fully saturated rings. The molecule has 0 heterocycles. The second-order valence-electron chi connectivity index (χ2n) is 9.68. The minimum absolute atomic E-state index is 0.597. The SMILES string of the molecule is CCC(C)CC(=C(C(=CCCC=Cc1ccccc1)c1ccccc1)c1ccccc1)c1ccccc1. The van der Waals surface area contributed by atoms with E-state index < -0.39 is 0 Å². The Labute approximate surface area is 223 Å². The van der Waals surface area contributed by atoms with Gasteiger partial charge in [0, 0.05) is 0 Å². The first-order chi connectivity index (χ1) is 18.3. The zero-order valence-electron chi connectivity index (χ0n) is 22.2. The van der Waals surface area contributed by atoms with Crippen LogP contribution in [0.15, 0.2) is 133 Å². The fourth-order valence-electron chi connectivity index (χ4n) is 4.68. The van der Waals surface area contributed by atoms with Crippen LogP contribution in [0, 0.1) is 5.92 Å². The van der Waals surface area contributed by atoms with Crippen molar-refractivity contribution in [3.63, 3.8) is 0 Å². The Hall–Kier alpha value is -3.90. The van der Waals surface area contributed by atoms with E-state index in [1.54, 1.807) is 0 Å². The van der Waals surface area contributed by atoms with E-state index in [2.05, 4.69) is 153 Å². The summed E-state index contributed by atoms with van der Waals surface area (Å²) in [4.78, 5) is 0. The molecule has 1 atom stereocenters. The molecular formula is C37H38. The van der Waals surface area contributed by atoms with Gasteiger partial charge in [0.15, 0.2) is 0 Å². The highest BCUT2D eigenvalue weighted by atomic mass is 14.2. The van der Waals surface area contributed by atoms with Gasteiger partial charge in [0.1, 0.15) is 0 Å². The Morgan fingerprint density at radius 3 is 1.70 bits per heavy atom. The highest BCUT2D eigenvalue weighted by Gasteiger charge is 2.19. The van der Waals surface area contributed by atoms with Gasteiger partial charge in [-0.1, -0.05) is 160 Å². The third kappa shape index (κ3) is 7.54. The fraction of sp³-hybridized carbons (Fsp3) is 0.189. The fourth-order valence-corrected chi connectivity index (χ4v) is 4.68. The van der Waals surface area contributed by atoms with E-state index in [1.807, 2.05) is 0 Å². The number of benzene rings is 4. The lowest BCUT2D eigenvalue weighted by atomic mass is 9.82. The lowest BCUT2D eigenvalue weighted by Crippen LogP contribution is -2.01. The molecule has 37 heavy (non-hydrogen) atoms. The first-order valence-corrected chi connectivity index (χ1v) is 13.6. The summed E-state index contributed by atoms with van der Waals surface area (Å²) in [6.45, 7) is 4.66. The highest BCUT2D eigenvalue weighted by molar-refractivity contribution is 6.14. The van der Waals surface area contributed by atoms with Gasteiger partial charge in [0.2, 0.25) is 0 Å². The van der Waals surface area contributed by atoms with Gasteiger partial charge in [0.05, 0.1) is 0 Å². The Bertz CT molecular complexity index is 1290. The molecule has 4 aromatic carbocycles. The van der Waals surface area contributed by atoms with Crippen LogP contribution >= 0.6 is 0 Å². The molecule has 0 radical (unpaired) electrons. The lowest BCUT2D eigenvalue weighted by Gasteiger charge is -2.22. The van der Waals surface area contributed by atoms with Crippen molar-refractivity contribution in [1.29, 1.82) is 0 Å². The number of allylic oxidation sites excluding steroid dienone is 5. The molecule has 186 valence electrons. The van der Waals surface area contributed by atoms with Crippen molar-refractivity contribution in [3.05, 3.63) is 156 Å².